The van der Waals surface area contributed by atoms with E-state index in [-0.39, 0.29) is 23.7 Å². The molecular formula is C140H120N6. The van der Waals surface area contributed by atoms with Gasteiger partial charge in [0.15, 0.2) is 0 Å². The molecule has 6 nitrogen and oxygen atoms in total. The van der Waals surface area contributed by atoms with E-state index in [0.717, 1.165) is 87.4 Å². The third kappa shape index (κ3) is 14.3. The molecule has 0 saturated heterocycles. The minimum atomic E-state index is 0. The highest BCUT2D eigenvalue weighted by Crippen LogP contribution is 2.74. The molecule has 15 aliphatic rings. The zero-order valence-electron chi connectivity index (χ0n) is 81.9. The van der Waals surface area contributed by atoms with E-state index < -0.39 is 0 Å². The second kappa shape index (κ2) is 35.8. The number of anilines is 9. The van der Waals surface area contributed by atoms with Crippen molar-refractivity contribution in [3.8, 4) is 100 Å². The zero-order chi connectivity index (χ0) is 95.4. The first-order valence-electron chi connectivity index (χ1n) is 53.8. The van der Waals surface area contributed by atoms with Crippen LogP contribution < -0.4 is 14.7 Å². The number of fused-ring (bicyclic) bond motifs is 10. The van der Waals surface area contributed by atoms with Crippen LogP contribution in [0.3, 0.4) is 0 Å². The molecule has 0 N–H and O–H groups in total. The molecule has 6 heteroatoms. The molecule has 710 valence electrons. The zero-order valence-corrected chi connectivity index (χ0v) is 81.9. The van der Waals surface area contributed by atoms with Gasteiger partial charge in [0.1, 0.15) is 0 Å². The number of aromatic nitrogens is 3. The Hall–Kier alpha value is -15.4. The Labute approximate surface area is 859 Å². The van der Waals surface area contributed by atoms with Crippen LogP contribution >= 0.6 is 0 Å². The number of hydrogen-bond donors (Lipinski definition) is 0. The van der Waals surface area contributed by atoms with E-state index in [2.05, 4.69) is 448 Å². The molecule has 3 heterocycles. The first-order valence-corrected chi connectivity index (χ1v) is 53.8. The van der Waals surface area contributed by atoms with Gasteiger partial charge in [-0.2, -0.15) is 0 Å². The van der Waals surface area contributed by atoms with Crippen molar-refractivity contribution in [1.29, 1.82) is 0 Å². The predicted molar refractivity (Wildman–Crippen MR) is 603 cm³/mol. The number of pyridine rings is 3. The fourth-order valence-electron chi connectivity index (χ4n) is 32.4. The van der Waals surface area contributed by atoms with Crippen LogP contribution in [0.5, 0.6) is 0 Å². The highest BCUT2D eigenvalue weighted by Gasteiger charge is 2.65. The smallest absolute Gasteiger partial charge is 0.0708 e. The Morgan fingerprint density at radius 1 is 0.185 bits per heavy atom. The average molecular weight is 1890 g/mol. The van der Waals surface area contributed by atoms with E-state index in [1.807, 2.05) is 31.0 Å². The summed E-state index contributed by atoms with van der Waals surface area (Å²) >= 11 is 0. The van der Waals surface area contributed by atoms with Crippen molar-refractivity contribution >= 4 is 62.1 Å². The van der Waals surface area contributed by atoms with E-state index >= 15 is 0 Å². The molecule has 0 unspecified atom stereocenters. The SMILES string of the molecule is C.c1ccc(-c2ccc(N(c3ccc(-c4ccnc5ccccc45)cc3)c3ccc4c(c3)-c3ccccc3C43C4CC5CC(C4)CC3C5)cc2)cc1.c1ccc(-c2ccc(N(c3ccc(-c4ccncc4)cc3)c3ccc4c(c3)-c3ccccc3C43C4CC5CC(C4)CC3C5)cc2)cc1.c1ccc(-c2ccc(N(c3ccc(-c4ccncc4)cc3)c3cccc4c3C3(c5ccccc5-4)C4CC5CC(C4)CC3C5)cc2)cc1. The van der Waals surface area contributed by atoms with E-state index in [4.69, 9.17) is 0 Å². The molecule has 19 aromatic rings. The monoisotopic (exact) mass is 1880 g/mol. The number of para-hydroxylation sites is 1. The molecule has 0 atom stereocenters. The third-order valence-corrected chi connectivity index (χ3v) is 37.4. The van der Waals surface area contributed by atoms with Crippen LogP contribution in [-0.4, -0.2) is 15.0 Å². The number of hydrogen-bond acceptors (Lipinski definition) is 6. The number of nitrogens with zero attached hydrogens (tertiary/aromatic N) is 6. The molecule has 12 bridgehead atoms. The van der Waals surface area contributed by atoms with Gasteiger partial charge in [-0.3, -0.25) is 15.0 Å². The molecule has 0 amide bonds. The second-order valence-electron chi connectivity index (χ2n) is 44.5. The van der Waals surface area contributed by atoms with Gasteiger partial charge in [-0.25, -0.2) is 0 Å². The van der Waals surface area contributed by atoms with Gasteiger partial charge in [0.25, 0.3) is 0 Å². The summed E-state index contributed by atoms with van der Waals surface area (Å²) in [6.07, 6.45) is 30.6. The summed E-state index contributed by atoms with van der Waals surface area (Å²) in [5.74, 6) is 10.1. The molecule has 0 radical (unpaired) electrons. The largest absolute Gasteiger partial charge is 0.310 e. The summed E-state index contributed by atoms with van der Waals surface area (Å²) in [5, 5.41) is 1.18. The van der Waals surface area contributed by atoms with Crippen LogP contribution in [0.25, 0.3) is 111 Å². The molecule has 15 aliphatic carbocycles. The molecule has 12 saturated carbocycles. The summed E-state index contributed by atoms with van der Waals surface area (Å²) in [4.78, 5) is 20.5. The minimum Gasteiger partial charge on any atom is -0.310 e. The van der Waals surface area contributed by atoms with Crippen molar-refractivity contribution in [3.05, 3.63) is 483 Å². The van der Waals surface area contributed by atoms with Crippen molar-refractivity contribution in [2.45, 2.75) is 120 Å². The maximum absolute atomic E-state index is 4.61. The van der Waals surface area contributed by atoms with Crippen molar-refractivity contribution in [3.63, 3.8) is 0 Å². The average Bonchev–Trinajstić information content (AvgIpc) is 1.49. The van der Waals surface area contributed by atoms with Crippen LogP contribution in [0.15, 0.2) is 450 Å². The van der Waals surface area contributed by atoms with Crippen LogP contribution in [0.1, 0.15) is 137 Å². The Balaban J connectivity index is 0.000000106. The lowest BCUT2D eigenvalue weighted by Crippen LogP contribution is -2.55. The normalized spacial score (nSPS) is 24.2. The van der Waals surface area contributed by atoms with E-state index in [9.17, 15) is 0 Å². The van der Waals surface area contributed by atoms with Gasteiger partial charge in [-0.1, -0.05) is 286 Å². The van der Waals surface area contributed by atoms with E-state index in [1.165, 1.54) is 230 Å². The Morgan fingerprint density at radius 2 is 0.459 bits per heavy atom. The lowest BCUT2D eigenvalue weighted by Gasteiger charge is -2.61. The summed E-state index contributed by atoms with van der Waals surface area (Å²) in [7, 11) is 0. The molecule has 3 aromatic heterocycles. The van der Waals surface area contributed by atoms with Gasteiger partial charge in [0.2, 0.25) is 0 Å². The van der Waals surface area contributed by atoms with Gasteiger partial charge in [-0.05, 0) is 440 Å². The molecule has 146 heavy (non-hydrogen) atoms. The van der Waals surface area contributed by atoms with Gasteiger partial charge in [0, 0.05) is 98.1 Å². The van der Waals surface area contributed by atoms with Gasteiger partial charge in [-0.15, -0.1) is 0 Å². The summed E-state index contributed by atoms with van der Waals surface area (Å²) in [5.41, 5.74) is 45.2. The lowest BCUT2D eigenvalue weighted by molar-refractivity contribution is -0.0399. The molecular weight excluding hydrogens is 1770 g/mol. The molecule has 3 spiro atoms. The molecule has 16 aromatic carbocycles. The summed E-state index contributed by atoms with van der Waals surface area (Å²) in [6, 6.07) is 156. The quantitative estimate of drug-likeness (QED) is 0.102. The Morgan fingerprint density at radius 3 is 0.829 bits per heavy atom. The third-order valence-electron chi connectivity index (χ3n) is 37.4. The van der Waals surface area contributed by atoms with Crippen LogP contribution in [0.4, 0.5) is 51.2 Å². The molecule has 0 aliphatic heterocycles. The van der Waals surface area contributed by atoms with Crippen molar-refractivity contribution < 1.29 is 0 Å². The van der Waals surface area contributed by atoms with E-state index in [1.54, 1.807) is 33.4 Å². The fraction of sp³-hybridized carbons (Fsp3) is 0.221. The first kappa shape index (κ1) is 88.3. The predicted octanol–water partition coefficient (Wildman–Crippen LogP) is 36.6. The van der Waals surface area contributed by atoms with Gasteiger partial charge in [0.05, 0.1) is 11.2 Å². The molecule has 34 rings (SSSR count). The standard InChI is InChI=1S/C49H40N2.2C45H38N2.CH4/c1-2-8-34(9-3-1)35-14-18-39(19-15-35)51(40-20-16-36(17-21-40)42-24-25-50-48-13-7-5-11-44(42)48)41-22-23-47-45(31-41)43-10-4-6-12-46(43)49(47)37-27-32-26-33(29-37)30-38(49)28-32;1-2-7-32(8-3-1)33-13-17-38(18-14-33)47(39-19-15-34(16-20-39)35-21-23-46-24-22-35)43-12-6-10-41-40-9-4-5-11-42(40)45(44(41)43)36-26-30-25-31(28-36)29-37(45)27-30;1-2-6-32(7-3-1)33-10-14-38(15-11-33)47(39-16-12-34(13-17-39)35-20-22-46-23-21-35)40-18-19-44-42(29-40)41-8-4-5-9-43(41)45(44)36-25-30-24-31(27-36)28-37(45)26-30;/h1-25,31-33,37-38H,26-30H2;1-24,30-31,36-37H,25-29H2;1-23,29-31,36-37H,24-28H2;1H4. The second-order valence-corrected chi connectivity index (χ2v) is 44.5. The Bertz CT molecular complexity index is 7840. The minimum absolute atomic E-state index is 0. The summed E-state index contributed by atoms with van der Waals surface area (Å²) < 4.78 is 0. The first-order chi connectivity index (χ1) is 71.8. The topological polar surface area (TPSA) is 48.4 Å². The van der Waals surface area contributed by atoms with Crippen LogP contribution in [0, 0.1) is 71.0 Å². The van der Waals surface area contributed by atoms with Crippen LogP contribution in [-0.2, 0) is 16.2 Å². The Kier molecular flexibility index (Phi) is 21.7. The van der Waals surface area contributed by atoms with Crippen molar-refractivity contribution in [2.75, 3.05) is 14.7 Å². The van der Waals surface area contributed by atoms with E-state index in [0.29, 0.717) is 11.8 Å². The lowest BCUT2D eigenvalue weighted by atomic mass is 9.43. The summed E-state index contributed by atoms with van der Waals surface area (Å²) in [6.45, 7) is 0. The van der Waals surface area contributed by atoms with Gasteiger partial charge >= 0.3 is 0 Å². The molecule has 12 fully saturated rings. The highest BCUT2D eigenvalue weighted by molar-refractivity contribution is 5.97. The van der Waals surface area contributed by atoms with Crippen molar-refractivity contribution in [1.82, 2.24) is 15.0 Å². The van der Waals surface area contributed by atoms with Crippen molar-refractivity contribution in [2.24, 2.45) is 71.0 Å². The number of benzene rings is 16. The fourth-order valence-corrected chi connectivity index (χ4v) is 32.4. The maximum atomic E-state index is 4.61. The maximum Gasteiger partial charge on any atom is 0.0708 e. The van der Waals surface area contributed by atoms with Gasteiger partial charge < -0.3 is 14.7 Å². The number of rotatable bonds is 15. The van der Waals surface area contributed by atoms with Crippen LogP contribution in [0.2, 0.25) is 0 Å². The highest BCUT2D eigenvalue weighted by atomic mass is 15.2.